The Morgan fingerprint density at radius 3 is 2.10 bits per heavy atom. The van der Waals surface area contributed by atoms with Crippen molar-refractivity contribution in [2.75, 3.05) is 52.4 Å². The van der Waals surface area contributed by atoms with Gasteiger partial charge in [0.05, 0.1) is 17.4 Å². The predicted octanol–water partition coefficient (Wildman–Crippen LogP) is 3.54. The Labute approximate surface area is 239 Å². The molecule has 9 nitrogen and oxygen atoms in total. The average Bonchev–Trinajstić information content (AvgIpc) is 3.76. The van der Waals surface area contributed by atoms with Crippen molar-refractivity contribution in [2.24, 2.45) is 5.92 Å². The summed E-state index contributed by atoms with van der Waals surface area (Å²) in [5.41, 5.74) is 2.64. The van der Waals surface area contributed by atoms with Crippen LogP contribution in [0.5, 0.6) is 0 Å². The second-order valence-corrected chi connectivity index (χ2v) is 11.7. The van der Waals surface area contributed by atoms with Crippen LogP contribution in [0, 0.1) is 5.92 Å². The molecule has 0 bridgehead atoms. The highest BCUT2D eigenvalue weighted by Crippen LogP contribution is 2.32. The van der Waals surface area contributed by atoms with Crippen LogP contribution < -0.4 is 0 Å². The fraction of sp³-hybridized carbons (Fsp3) is 0.467. The van der Waals surface area contributed by atoms with E-state index in [1.165, 1.54) is 0 Å². The van der Waals surface area contributed by atoms with Crippen molar-refractivity contribution in [1.82, 2.24) is 29.2 Å². The van der Waals surface area contributed by atoms with Crippen LogP contribution in [0.1, 0.15) is 47.5 Å². The summed E-state index contributed by atoms with van der Waals surface area (Å²) in [7, 11) is 0. The highest BCUT2D eigenvalue weighted by Gasteiger charge is 2.36. The normalized spacial score (nSPS) is 18.6. The SMILES string of the molecule is CC(C)N1CCN(C(=O)c2ccc3c(c2)cc(C(=O)N2CCN(C(=O)C4CC4)CC2)n3-c2ccc(Cl)nc2)CC1. The molecule has 2 saturated heterocycles. The van der Waals surface area contributed by atoms with E-state index in [1.807, 2.05) is 49.6 Å². The smallest absolute Gasteiger partial charge is 0.271 e. The third kappa shape index (κ3) is 5.20. The molecule has 0 radical (unpaired) electrons. The zero-order valence-corrected chi connectivity index (χ0v) is 23.8. The minimum absolute atomic E-state index is 0.00976. The van der Waals surface area contributed by atoms with E-state index in [2.05, 4.69) is 23.7 Å². The summed E-state index contributed by atoms with van der Waals surface area (Å²) in [6.07, 6.45) is 3.61. The number of pyridine rings is 1. The zero-order valence-electron chi connectivity index (χ0n) is 23.1. The lowest BCUT2D eigenvalue weighted by molar-refractivity contribution is -0.134. The molecule has 4 heterocycles. The molecule has 1 saturated carbocycles. The summed E-state index contributed by atoms with van der Waals surface area (Å²) >= 11 is 6.06. The second-order valence-electron chi connectivity index (χ2n) is 11.3. The van der Waals surface area contributed by atoms with E-state index in [4.69, 9.17) is 11.6 Å². The molecule has 1 aliphatic carbocycles. The third-order valence-corrected chi connectivity index (χ3v) is 8.60. The molecule has 0 N–H and O–H groups in total. The lowest BCUT2D eigenvalue weighted by Crippen LogP contribution is -2.51. The van der Waals surface area contributed by atoms with Gasteiger partial charge in [0.25, 0.3) is 11.8 Å². The highest BCUT2D eigenvalue weighted by atomic mass is 35.5. The summed E-state index contributed by atoms with van der Waals surface area (Å²) in [6.45, 7) is 9.56. The minimum Gasteiger partial charge on any atom is -0.339 e. The van der Waals surface area contributed by atoms with Gasteiger partial charge in [0.1, 0.15) is 10.8 Å². The second kappa shape index (κ2) is 10.9. The highest BCUT2D eigenvalue weighted by molar-refractivity contribution is 6.29. The Morgan fingerprint density at radius 1 is 0.825 bits per heavy atom. The van der Waals surface area contributed by atoms with Gasteiger partial charge in [-0.25, -0.2) is 4.98 Å². The first kappa shape index (κ1) is 26.8. The number of hydrogen-bond donors (Lipinski definition) is 0. The van der Waals surface area contributed by atoms with Crippen LogP contribution in [-0.4, -0.2) is 105 Å². The van der Waals surface area contributed by atoms with Gasteiger partial charge in [0.2, 0.25) is 5.91 Å². The van der Waals surface area contributed by atoms with Crippen LogP contribution in [-0.2, 0) is 4.79 Å². The van der Waals surface area contributed by atoms with Gasteiger partial charge in [-0.3, -0.25) is 19.3 Å². The molecule has 3 aromatic rings. The fourth-order valence-corrected chi connectivity index (χ4v) is 5.90. The largest absolute Gasteiger partial charge is 0.339 e. The van der Waals surface area contributed by atoms with Crippen molar-refractivity contribution < 1.29 is 14.4 Å². The summed E-state index contributed by atoms with van der Waals surface area (Å²) in [6, 6.07) is 11.5. The van der Waals surface area contributed by atoms with Crippen LogP contribution in [0.15, 0.2) is 42.6 Å². The van der Waals surface area contributed by atoms with Crippen LogP contribution in [0.4, 0.5) is 0 Å². The summed E-state index contributed by atoms with van der Waals surface area (Å²) in [5.74, 6) is 0.298. The van der Waals surface area contributed by atoms with E-state index in [9.17, 15) is 14.4 Å². The Kier molecular flexibility index (Phi) is 7.27. The van der Waals surface area contributed by atoms with Crippen LogP contribution in [0.2, 0.25) is 5.15 Å². The number of rotatable bonds is 5. The summed E-state index contributed by atoms with van der Waals surface area (Å²) in [5, 5.41) is 1.18. The predicted molar refractivity (Wildman–Crippen MR) is 154 cm³/mol. The molecular weight excluding hydrogens is 528 g/mol. The Balaban J connectivity index is 1.28. The van der Waals surface area contributed by atoms with Crippen molar-refractivity contribution in [3.8, 4) is 5.69 Å². The molecule has 3 aliphatic rings. The number of fused-ring (bicyclic) bond motifs is 1. The molecular formula is C30H35ClN6O3. The van der Waals surface area contributed by atoms with Crippen molar-refractivity contribution in [2.45, 2.75) is 32.7 Å². The molecule has 210 valence electrons. The van der Waals surface area contributed by atoms with Gasteiger partial charge in [0, 0.05) is 75.3 Å². The fourth-order valence-electron chi connectivity index (χ4n) is 5.79. The number of carbonyl (C=O) groups excluding carboxylic acids is 3. The number of hydrogen-bond acceptors (Lipinski definition) is 5. The maximum atomic E-state index is 13.9. The van der Waals surface area contributed by atoms with Crippen LogP contribution >= 0.6 is 11.6 Å². The van der Waals surface area contributed by atoms with Crippen LogP contribution in [0.3, 0.4) is 0 Å². The first-order chi connectivity index (χ1) is 19.3. The van der Waals surface area contributed by atoms with E-state index in [0.29, 0.717) is 67.4 Å². The number of benzene rings is 1. The zero-order chi connectivity index (χ0) is 28.0. The van der Waals surface area contributed by atoms with Gasteiger partial charge >= 0.3 is 0 Å². The number of nitrogens with zero attached hydrogens (tertiary/aromatic N) is 6. The van der Waals surface area contributed by atoms with E-state index in [0.717, 1.165) is 36.8 Å². The third-order valence-electron chi connectivity index (χ3n) is 8.37. The topological polar surface area (TPSA) is 82.0 Å². The molecule has 40 heavy (non-hydrogen) atoms. The number of halogens is 1. The lowest BCUT2D eigenvalue weighted by atomic mass is 10.1. The van der Waals surface area contributed by atoms with Gasteiger partial charge < -0.3 is 19.3 Å². The molecule has 3 fully saturated rings. The molecule has 2 aliphatic heterocycles. The Morgan fingerprint density at radius 2 is 1.48 bits per heavy atom. The van der Waals surface area contributed by atoms with Crippen molar-refractivity contribution in [1.29, 1.82) is 0 Å². The number of amides is 3. The number of carbonyl (C=O) groups is 3. The van der Waals surface area contributed by atoms with Crippen molar-refractivity contribution in [3.05, 3.63) is 59.0 Å². The molecule has 1 aromatic carbocycles. The quantitative estimate of drug-likeness (QED) is 0.444. The number of piperazine rings is 2. The maximum Gasteiger partial charge on any atom is 0.271 e. The molecule has 0 atom stereocenters. The van der Waals surface area contributed by atoms with E-state index in [1.54, 1.807) is 12.3 Å². The monoisotopic (exact) mass is 562 g/mol. The van der Waals surface area contributed by atoms with E-state index >= 15 is 0 Å². The average molecular weight is 563 g/mol. The van der Waals surface area contributed by atoms with E-state index < -0.39 is 0 Å². The molecule has 0 spiro atoms. The van der Waals surface area contributed by atoms with Crippen molar-refractivity contribution >= 4 is 40.2 Å². The molecule has 3 amide bonds. The van der Waals surface area contributed by atoms with Gasteiger partial charge in [-0.15, -0.1) is 0 Å². The molecule has 2 aromatic heterocycles. The van der Waals surface area contributed by atoms with Crippen LogP contribution in [0.25, 0.3) is 16.6 Å². The molecule has 0 unspecified atom stereocenters. The first-order valence-corrected chi connectivity index (χ1v) is 14.6. The molecule has 10 heteroatoms. The Bertz CT molecular complexity index is 1430. The van der Waals surface area contributed by atoms with Gasteiger partial charge in [-0.2, -0.15) is 0 Å². The standard InChI is InChI=1S/C30H35ClN6O3/c1-20(2)33-9-11-35(12-10-33)29(39)22-5-7-25-23(17-22)18-26(37(25)24-6-8-27(31)32-19-24)30(40)36-15-13-34(14-16-36)28(38)21-3-4-21/h5-8,17-21H,3-4,9-16H2,1-2H3. The number of aromatic nitrogens is 2. The van der Waals surface area contributed by atoms with Gasteiger partial charge in [0.15, 0.2) is 0 Å². The van der Waals surface area contributed by atoms with Gasteiger partial charge in [-0.1, -0.05) is 11.6 Å². The van der Waals surface area contributed by atoms with Crippen molar-refractivity contribution in [3.63, 3.8) is 0 Å². The first-order valence-electron chi connectivity index (χ1n) is 14.2. The lowest BCUT2D eigenvalue weighted by Gasteiger charge is -2.37. The Hall–Kier alpha value is -3.43. The summed E-state index contributed by atoms with van der Waals surface area (Å²) in [4.78, 5) is 52.0. The maximum absolute atomic E-state index is 13.9. The van der Waals surface area contributed by atoms with Gasteiger partial charge in [-0.05, 0) is 63.1 Å². The summed E-state index contributed by atoms with van der Waals surface area (Å²) < 4.78 is 1.89. The molecule has 6 rings (SSSR count). The van der Waals surface area contributed by atoms with E-state index in [-0.39, 0.29) is 23.6 Å². The minimum atomic E-state index is -0.109.